The Kier molecular flexibility index (Phi) is 5.80. The maximum Gasteiger partial charge on any atom is 0.0637 e. The van der Waals surface area contributed by atoms with Crippen molar-refractivity contribution in [3.63, 3.8) is 0 Å². The number of rotatable bonds is 6. The summed E-state index contributed by atoms with van der Waals surface area (Å²) in [7, 11) is 5.74. The van der Waals surface area contributed by atoms with Crippen LogP contribution in [0.25, 0.3) is 0 Å². The molecule has 16 heavy (non-hydrogen) atoms. The molecule has 0 bridgehead atoms. The molecule has 0 aliphatic heterocycles. The average Bonchev–Trinajstić information content (AvgIpc) is 2.29. The lowest BCUT2D eigenvalue weighted by Gasteiger charge is -2.19. The van der Waals surface area contributed by atoms with E-state index in [2.05, 4.69) is 51.4 Å². The van der Waals surface area contributed by atoms with Crippen molar-refractivity contribution in [1.29, 1.82) is 0 Å². The molecular weight excluding hydrogens is 268 g/mol. The number of nitrogens with zero attached hydrogens (tertiary/aromatic N) is 1. The second kappa shape index (κ2) is 6.89. The van der Waals surface area contributed by atoms with Gasteiger partial charge in [0.25, 0.3) is 0 Å². The summed E-state index contributed by atoms with van der Waals surface area (Å²) < 4.78 is 6.21. The molecule has 0 atom stereocenters. The Labute approximate surface area is 106 Å². The summed E-state index contributed by atoms with van der Waals surface area (Å²) in [5.41, 5.74) is 2.47. The summed E-state index contributed by atoms with van der Waals surface area (Å²) in [5.74, 6) is 0. The normalized spacial score (nSPS) is 10.5. The van der Waals surface area contributed by atoms with Crippen LogP contribution in [-0.2, 0) is 11.3 Å². The van der Waals surface area contributed by atoms with E-state index in [1.54, 1.807) is 7.11 Å². The van der Waals surface area contributed by atoms with Crippen LogP contribution in [0.15, 0.2) is 22.7 Å². The molecule has 0 spiro atoms. The molecule has 1 aromatic carbocycles. The highest BCUT2D eigenvalue weighted by atomic mass is 79.9. The first-order chi connectivity index (χ1) is 7.69. The number of hydrogen-bond donors (Lipinski definition) is 1. The zero-order chi connectivity index (χ0) is 12.0. The summed E-state index contributed by atoms with van der Waals surface area (Å²) in [4.78, 5) is 2.18. The zero-order valence-corrected chi connectivity index (χ0v) is 11.7. The van der Waals surface area contributed by atoms with Crippen molar-refractivity contribution in [3.8, 4) is 0 Å². The molecule has 0 aliphatic carbocycles. The lowest BCUT2D eigenvalue weighted by atomic mass is 10.2. The number of anilines is 1. The van der Waals surface area contributed by atoms with Crippen LogP contribution < -0.4 is 10.2 Å². The minimum absolute atomic E-state index is 0.742. The van der Waals surface area contributed by atoms with E-state index in [4.69, 9.17) is 4.74 Å². The molecule has 1 N–H and O–H groups in total. The first kappa shape index (κ1) is 13.5. The number of likely N-dealkylation sites (N-methyl/N-ethyl adjacent to an activating group) is 1. The Hall–Kier alpha value is -0.580. The van der Waals surface area contributed by atoms with Crippen molar-refractivity contribution in [2.45, 2.75) is 6.54 Å². The fourth-order valence-corrected chi connectivity index (χ4v) is 1.97. The van der Waals surface area contributed by atoms with Gasteiger partial charge in [0.1, 0.15) is 0 Å². The molecule has 0 aromatic heterocycles. The van der Waals surface area contributed by atoms with Gasteiger partial charge < -0.3 is 15.0 Å². The lowest BCUT2D eigenvalue weighted by Crippen LogP contribution is -2.22. The van der Waals surface area contributed by atoms with Gasteiger partial charge in [0, 0.05) is 37.4 Å². The van der Waals surface area contributed by atoms with Crippen molar-refractivity contribution in [1.82, 2.24) is 5.32 Å². The Morgan fingerprint density at radius 2 is 2.19 bits per heavy atom. The smallest absolute Gasteiger partial charge is 0.0637 e. The third-order valence-electron chi connectivity index (χ3n) is 2.48. The van der Waals surface area contributed by atoms with E-state index >= 15 is 0 Å². The molecule has 0 saturated carbocycles. The Balaban J connectivity index is 2.71. The van der Waals surface area contributed by atoms with Crippen molar-refractivity contribution < 1.29 is 4.74 Å². The van der Waals surface area contributed by atoms with E-state index in [9.17, 15) is 0 Å². The predicted molar refractivity (Wildman–Crippen MR) is 72.1 cm³/mol. The van der Waals surface area contributed by atoms with Crippen molar-refractivity contribution >= 4 is 21.6 Å². The van der Waals surface area contributed by atoms with E-state index in [0.29, 0.717) is 0 Å². The fraction of sp³-hybridized carbons (Fsp3) is 0.500. The van der Waals surface area contributed by atoms with Gasteiger partial charge >= 0.3 is 0 Å². The van der Waals surface area contributed by atoms with Crippen molar-refractivity contribution in [3.05, 3.63) is 28.2 Å². The van der Waals surface area contributed by atoms with Gasteiger partial charge in [-0.15, -0.1) is 0 Å². The van der Waals surface area contributed by atoms with Gasteiger partial charge in [-0.25, -0.2) is 0 Å². The molecule has 1 aromatic rings. The number of halogens is 1. The van der Waals surface area contributed by atoms with Crippen LogP contribution in [0.1, 0.15) is 5.56 Å². The Bertz CT molecular complexity index is 331. The van der Waals surface area contributed by atoms with Crippen LogP contribution in [0.4, 0.5) is 5.69 Å². The first-order valence-electron chi connectivity index (χ1n) is 5.32. The molecule has 0 radical (unpaired) electrons. The van der Waals surface area contributed by atoms with E-state index in [0.717, 1.165) is 24.2 Å². The quantitative estimate of drug-likeness (QED) is 0.868. The topological polar surface area (TPSA) is 24.5 Å². The van der Waals surface area contributed by atoms with Gasteiger partial charge in [0.2, 0.25) is 0 Å². The maximum atomic E-state index is 5.06. The van der Waals surface area contributed by atoms with E-state index in [1.807, 2.05) is 7.05 Å². The molecular formula is C12H19BrN2O. The number of hydrogen-bond acceptors (Lipinski definition) is 3. The summed E-state index contributed by atoms with van der Waals surface area (Å²) in [6.45, 7) is 2.52. The highest BCUT2D eigenvalue weighted by Crippen LogP contribution is 2.23. The molecule has 3 nitrogen and oxygen atoms in total. The summed E-state index contributed by atoms with van der Waals surface area (Å²) in [5, 5.41) is 3.14. The molecule has 0 aliphatic rings. The standard InChI is InChI=1S/C12H19BrN2O/c1-14-9-10-4-5-11(8-12(10)13)15(2)6-7-16-3/h4-5,8,14H,6-7,9H2,1-3H3. The highest BCUT2D eigenvalue weighted by molar-refractivity contribution is 9.10. The summed E-state index contributed by atoms with van der Waals surface area (Å²) in [6.07, 6.45) is 0. The summed E-state index contributed by atoms with van der Waals surface area (Å²) in [6, 6.07) is 6.41. The fourth-order valence-electron chi connectivity index (χ4n) is 1.46. The predicted octanol–water partition coefficient (Wildman–Crippen LogP) is 2.25. The zero-order valence-electron chi connectivity index (χ0n) is 10.1. The molecule has 0 saturated heterocycles. The number of methoxy groups -OCH3 is 1. The van der Waals surface area contributed by atoms with Gasteiger partial charge in [0.05, 0.1) is 6.61 Å². The Morgan fingerprint density at radius 1 is 1.44 bits per heavy atom. The second-order valence-corrected chi connectivity index (χ2v) is 4.57. The third-order valence-corrected chi connectivity index (χ3v) is 3.21. The minimum atomic E-state index is 0.742. The van der Waals surface area contributed by atoms with Crippen LogP contribution >= 0.6 is 15.9 Å². The maximum absolute atomic E-state index is 5.06. The van der Waals surface area contributed by atoms with Crippen LogP contribution in [0, 0.1) is 0 Å². The highest BCUT2D eigenvalue weighted by Gasteiger charge is 2.04. The second-order valence-electron chi connectivity index (χ2n) is 3.72. The van der Waals surface area contributed by atoms with Gasteiger partial charge in [-0.05, 0) is 24.7 Å². The van der Waals surface area contributed by atoms with Gasteiger partial charge in [-0.1, -0.05) is 22.0 Å². The summed E-state index contributed by atoms with van der Waals surface area (Å²) >= 11 is 3.59. The van der Waals surface area contributed by atoms with Crippen LogP contribution in [0.5, 0.6) is 0 Å². The van der Waals surface area contributed by atoms with Gasteiger partial charge in [0.15, 0.2) is 0 Å². The number of ether oxygens (including phenoxy) is 1. The third kappa shape index (κ3) is 3.77. The van der Waals surface area contributed by atoms with E-state index in [-0.39, 0.29) is 0 Å². The molecule has 0 fully saturated rings. The first-order valence-corrected chi connectivity index (χ1v) is 6.11. The monoisotopic (exact) mass is 286 g/mol. The van der Waals surface area contributed by atoms with Crippen molar-refractivity contribution in [2.75, 3.05) is 39.3 Å². The van der Waals surface area contributed by atoms with Gasteiger partial charge in [-0.3, -0.25) is 0 Å². The minimum Gasteiger partial charge on any atom is -0.383 e. The number of nitrogens with one attached hydrogen (secondary N) is 1. The Morgan fingerprint density at radius 3 is 2.75 bits per heavy atom. The lowest BCUT2D eigenvalue weighted by molar-refractivity contribution is 0.206. The molecule has 1 rings (SSSR count). The average molecular weight is 287 g/mol. The molecule has 0 heterocycles. The van der Waals surface area contributed by atoms with E-state index < -0.39 is 0 Å². The molecule has 0 amide bonds. The van der Waals surface area contributed by atoms with Gasteiger partial charge in [-0.2, -0.15) is 0 Å². The SMILES string of the molecule is CNCc1ccc(N(C)CCOC)cc1Br. The van der Waals surface area contributed by atoms with Crippen LogP contribution in [-0.4, -0.2) is 34.4 Å². The largest absolute Gasteiger partial charge is 0.383 e. The molecule has 0 unspecified atom stereocenters. The van der Waals surface area contributed by atoms with E-state index in [1.165, 1.54) is 11.3 Å². The van der Waals surface area contributed by atoms with Crippen LogP contribution in [0.3, 0.4) is 0 Å². The molecule has 4 heteroatoms. The molecule has 90 valence electrons. The van der Waals surface area contributed by atoms with Crippen LogP contribution in [0.2, 0.25) is 0 Å². The van der Waals surface area contributed by atoms with Crippen molar-refractivity contribution in [2.24, 2.45) is 0 Å². The number of benzene rings is 1.